The molecule has 1 aromatic carbocycles. The number of amides is 1. The number of nitrogens with one attached hydrogen (secondary N) is 2. The molecule has 0 fully saturated rings. The predicted octanol–water partition coefficient (Wildman–Crippen LogP) is 3.08. The first kappa shape index (κ1) is 16.8. The van der Waals surface area contributed by atoms with E-state index in [1.807, 2.05) is 38.1 Å². The van der Waals surface area contributed by atoms with Crippen molar-refractivity contribution >= 4 is 23.4 Å². The number of fused-ring (bicyclic) bond motifs is 1. The van der Waals surface area contributed by atoms with E-state index in [9.17, 15) is 9.59 Å². The lowest BCUT2D eigenvalue weighted by Crippen LogP contribution is -2.26. The third-order valence-electron chi connectivity index (χ3n) is 4.24. The number of H-pyrrole nitrogens is 1. The lowest BCUT2D eigenvalue weighted by Gasteiger charge is -2.15. The summed E-state index contributed by atoms with van der Waals surface area (Å²) in [7, 11) is 0. The van der Waals surface area contributed by atoms with Crippen LogP contribution in [-0.4, -0.2) is 21.1 Å². The number of anilines is 1. The van der Waals surface area contributed by atoms with Gasteiger partial charge in [-0.2, -0.15) is 0 Å². The maximum Gasteiger partial charge on any atom is 0.254 e. The molecule has 0 radical (unpaired) electrons. The largest absolute Gasteiger partial charge is 0.325 e. The van der Waals surface area contributed by atoms with Crippen molar-refractivity contribution < 1.29 is 4.79 Å². The van der Waals surface area contributed by atoms with Crippen molar-refractivity contribution in [1.29, 1.82) is 0 Å². The van der Waals surface area contributed by atoms with E-state index in [1.165, 1.54) is 11.8 Å². The average molecular weight is 343 g/mol. The molecule has 0 saturated heterocycles. The van der Waals surface area contributed by atoms with Gasteiger partial charge in [0.25, 0.3) is 5.56 Å². The van der Waals surface area contributed by atoms with Crippen LogP contribution in [0.4, 0.5) is 5.69 Å². The number of hydrogen-bond acceptors (Lipinski definition) is 4. The normalized spacial score (nSPS) is 14.2. The van der Waals surface area contributed by atoms with Gasteiger partial charge in [0.2, 0.25) is 5.91 Å². The van der Waals surface area contributed by atoms with E-state index in [2.05, 4.69) is 15.3 Å². The van der Waals surface area contributed by atoms with E-state index in [-0.39, 0.29) is 16.7 Å². The highest BCUT2D eigenvalue weighted by Crippen LogP contribution is 2.26. The molecular weight excluding hydrogens is 322 g/mol. The monoisotopic (exact) mass is 343 g/mol. The number of rotatable bonds is 5. The third-order valence-corrected chi connectivity index (χ3v) is 5.49. The maximum absolute atomic E-state index is 12.6. The highest BCUT2D eigenvalue weighted by molar-refractivity contribution is 8.00. The summed E-state index contributed by atoms with van der Waals surface area (Å²) in [6.45, 7) is 3.92. The highest BCUT2D eigenvalue weighted by Gasteiger charge is 2.22. The maximum atomic E-state index is 12.6. The summed E-state index contributed by atoms with van der Waals surface area (Å²) in [5.74, 6) is -0.0695. The van der Waals surface area contributed by atoms with Crippen LogP contribution >= 0.6 is 11.8 Å². The van der Waals surface area contributed by atoms with Crippen LogP contribution in [0.3, 0.4) is 0 Å². The van der Waals surface area contributed by atoms with Crippen molar-refractivity contribution in [2.24, 2.45) is 0 Å². The van der Waals surface area contributed by atoms with E-state index in [0.29, 0.717) is 11.6 Å². The molecule has 0 bridgehead atoms. The van der Waals surface area contributed by atoms with Gasteiger partial charge in [0.1, 0.15) is 0 Å². The summed E-state index contributed by atoms with van der Waals surface area (Å²) in [4.78, 5) is 32.0. The first-order chi connectivity index (χ1) is 11.6. The number of para-hydroxylation sites is 1. The van der Waals surface area contributed by atoms with Gasteiger partial charge in [0, 0.05) is 11.3 Å². The quantitative estimate of drug-likeness (QED) is 0.646. The third kappa shape index (κ3) is 3.53. The molecule has 24 heavy (non-hydrogen) atoms. The summed E-state index contributed by atoms with van der Waals surface area (Å²) in [6.07, 6.45) is 3.28. The molecule has 1 aliphatic carbocycles. The minimum absolute atomic E-state index is 0.0610. The Morgan fingerprint density at radius 2 is 2.17 bits per heavy atom. The minimum Gasteiger partial charge on any atom is -0.325 e. The van der Waals surface area contributed by atoms with Crippen LogP contribution in [0.5, 0.6) is 0 Å². The molecule has 1 amide bonds. The molecule has 0 spiro atoms. The SMILES string of the molecule is CCC(Sc1nc2c(c(=O)[nH]1)CCC2)C(=O)Nc1ccccc1C. The number of thioether (sulfide) groups is 1. The second-order valence-corrected chi connectivity index (χ2v) is 7.16. The van der Waals surface area contributed by atoms with E-state index in [1.54, 1.807) is 0 Å². The lowest BCUT2D eigenvalue weighted by molar-refractivity contribution is -0.115. The fourth-order valence-electron chi connectivity index (χ4n) is 2.86. The zero-order valence-corrected chi connectivity index (χ0v) is 14.7. The molecule has 0 aliphatic heterocycles. The summed E-state index contributed by atoms with van der Waals surface area (Å²) < 4.78 is 0. The van der Waals surface area contributed by atoms with Crippen LogP contribution in [0.2, 0.25) is 0 Å². The Kier molecular flexibility index (Phi) is 5.04. The van der Waals surface area contributed by atoms with Crippen molar-refractivity contribution in [3.05, 3.63) is 51.4 Å². The van der Waals surface area contributed by atoms with Crippen molar-refractivity contribution in [2.75, 3.05) is 5.32 Å². The fraction of sp³-hybridized carbons (Fsp3) is 0.389. The molecule has 126 valence electrons. The molecule has 0 saturated carbocycles. The number of carbonyl (C=O) groups is 1. The minimum atomic E-state index is -0.299. The molecule has 1 unspecified atom stereocenters. The Labute approximate surface area is 145 Å². The first-order valence-corrected chi connectivity index (χ1v) is 9.11. The van der Waals surface area contributed by atoms with Gasteiger partial charge in [-0.15, -0.1) is 0 Å². The molecule has 2 N–H and O–H groups in total. The number of aromatic nitrogens is 2. The lowest BCUT2D eigenvalue weighted by atomic mass is 10.2. The molecular formula is C18H21N3O2S. The molecule has 2 aromatic rings. The van der Waals surface area contributed by atoms with Gasteiger partial charge >= 0.3 is 0 Å². The van der Waals surface area contributed by atoms with Crippen LogP contribution in [0, 0.1) is 6.92 Å². The molecule has 1 atom stereocenters. The van der Waals surface area contributed by atoms with Crippen LogP contribution in [-0.2, 0) is 17.6 Å². The number of carbonyl (C=O) groups excluding carboxylic acids is 1. The van der Waals surface area contributed by atoms with Gasteiger partial charge in [-0.25, -0.2) is 4.98 Å². The van der Waals surface area contributed by atoms with E-state index in [0.717, 1.165) is 41.8 Å². The zero-order chi connectivity index (χ0) is 17.1. The Bertz CT molecular complexity index is 816. The Morgan fingerprint density at radius 1 is 1.38 bits per heavy atom. The number of hydrogen-bond donors (Lipinski definition) is 2. The van der Waals surface area contributed by atoms with Gasteiger partial charge in [-0.3, -0.25) is 9.59 Å². The van der Waals surface area contributed by atoms with Crippen LogP contribution in [0.1, 0.15) is 36.6 Å². The molecule has 5 nitrogen and oxygen atoms in total. The number of aryl methyl sites for hydroxylation is 2. The summed E-state index contributed by atoms with van der Waals surface area (Å²) >= 11 is 1.32. The molecule has 1 aliphatic rings. The van der Waals surface area contributed by atoms with Gasteiger partial charge in [-0.1, -0.05) is 36.9 Å². The summed E-state index contributed by atoms with van der Waals surface area (Å²) in [5.41, 5.74) is 3.47. The Hall–Kier alpha value is -2.08. The second kappa shape index (κ2) is 7.21. The smallest absolute Gasteiger partial charge is 0.254 e. The average Bonchev–Trinajstić information content (AvgIpc) is 3.03. The first-order valence-electron chi connectivity index (χ1n) is 8.23. The van der Waals surface area contributed by atoms with Gasteiger partial charge in [-0.05, 0) is 44.2 Å². The van der Waals surface area contributed by atoms with E-state index < -0.39 is 0 Å². The van der Waals surface area contributed by atoms with E-state index >= 15 is 0 Å². The van der Waals surface area contributed by atoms with Crippen molar-refractivity contribution in [1.82, 2.24) is 9.97 Å². The van der Waals surface area contributed by atoms with Crippen LogP contribution in [0.25, 0.3) is 0 Å². The van der Waals surface area contributed by atoms with Crippen molar-refractivity contribution in [3.8, 4) is 0 Å². The number of nitrogens with zero attached hydrogens (tertiary/aromatic N) is 1. The van der Waals surface area contributed by atoms with Crippen LogP contribution < -0.4 is 10.9 Å². The standard InChI is InChI=1S/C18H21N3O2S/c1-3-15(17(23)19-13-9-5-4-7-11(13)2)24-18-20-14-10-6-8-12(14)16(22)21-18/h4-5,7,9,15H,3,6,8,10H2,1-2H3,(H,19,23)(H,20,21,22). The number of benzene rings is 1. The van der Waals surface area contributed by atoms with Crippen molar-refractivity contribution in [3.63, 3.8) is 0 Å². The highest BCUT2D eigenvalue weighted by atomic mass is 32.2. The molecule has 1 heterocycles. The van der Waals surface area contributed by atoms with Gasteiger partial charge < -0.3 is 10.3 Å². The summed E-state index contributed by atoms with van der Waals surface area (Å²) in [5, 5.41) is 3.20. The topological polar surface area (TPSA) is 74.8 Å². The molecule has 1 aromatic heterocycles. The zero-order valence-electron chi connectivity index (χ0n) is 13.9. The predicted molar refractivity (Wildman–Crippen MR) is 96.6 cm³/mol. The number of aromatic amines is 1. The van der Waals surface area contributed by atoms with Gasteiger partial charge in [0.15, 0.2) is 5.16 Å². The fourth-order valence-corrected chi connectivity index (χ4v) is 3.77. The van der Waals surface area contributed by atoms with E-state index in [4.69, 9.17) is 0 Å². The van der Waals surface area contributed by atoms with Crippen molar-refractivity contribution in [2.45, 2.75) is 49.9 Å². The molecule has 3 rings (SSSR count). The van der Waals surface area contributed by atoms with Crippen LogP contribution in [0.15, 0.2) is 34.2 Å². The second-order valence-electron chi connectivity index (χ2n) is 5.97. The Morgan fingerprint density at radius 3 is 2.92 bits per heavy atom. The summed E-state index contributed by atoms with van der Waals surface area (Å²) in [6, 6.07) is 7.69. The molecule has 6 heteroatoms. The Balaban J connectivity index is 1.75. The van der Waals surface area contributed by atoms with Gasteiger partial charge in [0.05, 0.1) is 10.9 Å².